The molecule has 6 nitrogen and oxygen atoms in total. The van der Waals surface area contributed by atoms with Crippen molar-refractivity contribution in [3.8, 4) is 0 Å². The van der Waals surface area contributed by atoms with Gasteiger partial charge in [0.15, 0.2) is 9.84 Å². The Balaban J connectivity index is 1.81. The Bertz CT molecular complexity index is 728. The van der Waals surface area contributed by atoms with Crippen LogP contribution in [0.3, 0.4) is 0 Å². The largest absolute Gasteiger partial charge is 0.334 e. The van der Waals surface area contributed by atoms with Crippen LogP contribution in [0.4, 0.5) is 4.79 Å². The lowest BCUT2D eigenvalue weighted by Crippen LogP contribution is -2.34. The zero-order valence-electron chi connectivity index (χ0n) is 12.1. The van der Waals surface area contributed by atoms with E-state index < -0.39 is 9.84 Å². The minimum absolute atomic E-state index is 0.260. The normalized spacial score (nSPS) is 11.0. The summed E-state index contributed by atoms with van der Waals surface area (Å²) >= 11 is 0. The maximum absolute atomic E-state index is 11.7. The molecule has 2 aromatic rings. The number of nitrogens with zero attached hydrogens (tertiary/aromatic N) is 1. The van der Waals surface area contributed by atoms with Crippen LogP contribution >= 0.6 is 0 Å². The van der Waals surface area contributed by atoms with E-state index >= 15 is 0 Å². The molecular formula is C15H17N3O3S. The van der Waals surface area contributed by atoms with Gasteiger partial charge in [-0.15, -0.1) is 0 Å². The van der Waals surface area contributed by atoms with Gasteiger partial charge in [0.05, 0.1) is 17.1 Å². The molecule has 1 heterocycles. The highest BCUT2D eigenvalue weighted by atomic mass is 32.2. The van der Waals surface area contributed by atoms with E-state index in [0.717, 1.165) is 17.5 Å². The number of sulfone groups is 1. The third-order valence-electron chi connectivity index (χ3n) is 2.96. The molecule has 0 aliphatic rings. The number of carbonyl (C=O) groups is 1. The lowest BCUT2D eigenvalue weighted by molar-refractivity contribution is 0.240. The fraction of sp³-hybridized carbons (Fsp3) is 0.200. The first-order valence-electron chi connectivity index (χ1n) is 6.66. The average molecular weight is 319 g/mol. The van der Waals surface area contributed by atoms with Crippen LogP contribution in [0.2, 0.25) is 0 Å². The average Bonchev–Trinajstić information content (AvgIpc) is 2.51. The molecule has 0 spiro atoms. The molecule has 0 fully saturated rings. The number of hydrogen-bond donors (Lipinski definition) is 2. The number of urea groups is 1. The van der Waals surface area contributed by atoms with Crippen molar-refractivity contribution in [2.75, 3.05) is 6.26 Å². The van der Waals surface area contributed by atoms with Gasteiger partial charge in [0, 0.05) is 19.0 Å². The lowest BCUT2D eigenvalue weighted by Gasteiger charge is -2.08. The Kier molecular flexibility index (Phi) is 5.11. The minimum atomic E-state index is -3.20. The van der Waals surface area contributed by atoms with E-state index in [1.54, 1.807) is 18.3 Å². The quantitative estimate of drug-likeness (QED) is 0.874. The van der Waals surface area contributed by atoms with Gasteiger partial charge < -0.3 is 10.6 Å². The number of hydrogen-bond acceptors (Lipinski definition) is 4. The van der Waals surface area contributed by atoms with Crippen LogP contribution in [-0.2, 0) is 22.9 Å². The molecule has 0 bridgehead atoms. The summed E-state index contributed by atoms with van der Waals surface area (Å²) in [6, 6.07) is 11.6. The second-order valence-corrected chi connectivity index (χ2v) is 6.79. The van der Waals surface area contributed by atoms with Crippen LogP contribution in [0.5, 0.6) is 0 Å². The Morgan fingerprint density at radius 1 is 1.05 bits per heavy atom. The van der Waals surface area contributed by atoms with Gasteiger partial charge in [0.25, 0.3) is 0 Å². The Labute approximate surface area is 129 Å². The number of amides is 2. The third-order valence-corrected chi connectivity index (χ3v) is 4.09. The summed E-state index contributed by atoms with van der Waals surface area (Å²) in [6.45, 7) is 0.664. The monoisotopic (exact) mass is 319 g/mol. The summed E-state index contributed by atoms with van der Waals surface area (Å²) in [5.74, 6) is 0. The number of carbonyl (C=O) groups excluding carboxylic acids is 1. The van der Waals surface area contributed by atoms with Crippen molar-refractivity contribution in [1.82, 2.24) is 15.6 Å². The highest BCUT2D eigenvalue weighted by Crippen LogP contribution is 2.10. The summed E-state index contributed by atoms with van der Waals surface area (Å²) in [6.07, 6.45) is 2.82. The molecular weight excluding hydrogens is 302 g/mol. The van der Waals surface area contributed by atoms with Gasteiger partial charge in [-0.2, -0.15) is 0 Å². The number of pyridine rings is 1. The Morgan fingerprint density at radius 2 is 1.73 bits per heavy atom. The highest BCUT2D eigenvalue weighted by Gasteiger charge is 2.06. The molecule has 0 radical (unpaired) electrons. The van der Waals surface area contributed by atoms with E-state index in [1.165, 1.54) is 12.1 Å². The van der Waals surface area contributed by atoms with Crippen molar-refractivity contribution < 1.29 is 13.2 Å². The van der Waals surface area contributed by atoms with Crippen molar-refractivity contribution in [1.29, 1.82) is 0 Å². The van der Waals surface area contributed by atoms with E-state index in [1.807, 2.05) is 18.2 Å². The van der Waals surface area contributed by atoms with Crippen molar-refractivity contribution in [3.63, 3.8) is 0 Å². The molecule has 2 rings (SSSR count). The Hall–Kier alpha value is -2.41. The summed E-state index contributed by atoms with van der Waals surface area (Å²) in [4.78, 5) is 16.0. The van der Waals surface area contributed by atoms with E-state index in [9.17, 15) is 13.2 Å². The van der Waals surface area contributed by atoms with Gasteiger partial charge in [0.2, 0.25) is 0 Å². The summed E-state index contributed by atoms with van der Waals surface area (Å²) < 4.78 is 22.7. The van der Waals surface area contributed by atoms with Crippen molar-refractivity contribution in [3.05, 3.63) is 59.9 Å². The smallest absolute Gasteiger partial charge is 0.315 e. The Morgan fingerprint density at radius 3 is 2.32 bits per heavy atom. The molecule has 0 aliphatic carbocycles. The number of nitrogens with one attached hydrogen (secondary N) is 2. The second-order valence-electron chi connectivity index (χ2n) is 4.77. The molecule has 22 heavy (non-hydrogen) atoms. The first-order valence-corrected chi connectivity index (χ1v) is 8.55. The van der Waals surface area contributed by atoms with E-state index in [-0.39, 0.29) is 10.9 Å². The van der Waals surface area contributed by atoms with E-state index in [0.29, 0.717) is 13.1 Å². The summed E-state index contributed by atoms with van der Waals surface area (Å²) in [5, 5.41) is 5.40. The maximum atomic E-state index is 11.7. The van der Waals surface area contributed by atoms with Gasteiger partial charge >= 0.3 is 6.03 Å². The molecule has 0 saturated heterocycles. The van der Waals surface area contributed by atoms with Crippen LogP contribution in [0.25, 0.3) is 0 Å². The van der Waals surface area contributed by atoms with Gasteiger partial charge in [0.1, 0.15) is 0 Å². The fourth-order valence-electron chi connectivity index (χ4n) is 1.77. The van der Waals surface area contributed by atoms with Crippen molar-refractivity contribution in [2.45, 2.75) is 18.0 Å². The molecule has 1 aromatic carbocycles. The van der Waals surface area contributed by atoms with Crippen LogP contribution in [-0.4, -0.2) is 25.7 Å². The molecule has 2 amide bonds. The number of aromatic nitrogens is 1. The molecule has 7 heteroatoms. The van der Waals surface area contributed by atoms with Crippen LogP contribution in [0, 0.1) is 0 Å². The maximum Gasteiger partial charge on any atom is 0.315 e. The SMILES string of the molecule is CS(=O)(=O)c1ccc(CNC(=O)NCc2ccccn2)cc1. The zero-order chi connectivity index (χ0) is 16.0. The van der Waals surface area contributed by atoms with Crippen molar-refractivity contribution >= 4 is 15.9 Å². The topological polar surface area (TPSA) is 88.2 Å². The van der Waals surface area contributed by atoms with Gasteiger partial charge in [-0.3, -0.25) is 4.98 Å². The molecule has 2 N–H and O–H groups in total. The first-order chi connectivity index (χ1) is 10.4. The summed E-state index contributed by atoms with van der Waals surface area (Å²) in [7, 11) is -3.20. The lowest BCUT2D eigenvalue weighted by atomic mass is 10.2. The molecule has 0 saturated carbocycles. The highest BCUT2D eigenvalue weighted by molar-refractivity contribution is 7.90. The molecule has 0 aliphatic heterocycles. The van der Waals surface area contributed by atoms with E-state index in [4.69, 9.17) is 0 Å². The molecule has 0 unspecified atom stereocenters. The molecule has 0 atom stereocenters. The van der Waals surface area contributed by atoms with E-state index in [2.05, 4.69) is 15.6 Å². The van der Waals surface area contributed by atoms with Gasteiger partial charge in [-0.25, -0.2) is 13.2 Å². The van der Waals surface area contributed by atoms with Gasteiger partial charge in [-0.05, 0) is 29.8 Å². The fourth-order valence-corrected chi connectivity index (χ4v) is 2.40. The number of benzene rings is 1. The minimum Gasteiger partial charge on any atom is -0.334 e. The predicted octanol–water partition coefficient (Wildman–Crippen LogP) is 1.48. The van der Waals surface area contributed by atoms with Crippen LogP contribution in [0.1, 0.15) is 11.3 Å². The first kappa shape index (κ1) is 16.0. The van der Waals surface area contributed by atoms with Gasteiger partial charge in [-0.1, -0.05) is 18.2 Å². The molecule has 116 valence electrons. The van der Waals surface area contributed by atoms with Crippen LogP contribution in [0.15, 0.2) is 53.6 Å². The second kappa shape index (κ2) is 7.04. The predicted molar refractivity (Wildman–Crippen MR) is 82.9 cm³/mol. The zero-order valence-corrected chi connectivity index (χ0v) is 12.9. The number of rotatable bonds is 5. The third kappa shape index (κ3) is 4.85. The standard InChI is InChI=1S/C15H17N3O3S/c1-22(20,21)14-7-5-12(6-8-14)10-17-15(19)18-11-13-4-2-3-9-16-13/h2-9H,10-11H2,1H3,(H2,17,18,19). The van der Waals surface area contributed by atoms with Crippen molar-refractivity contribution in [2.24, 2.45) is 0 Å². The van der Waals surface area contributed by atoms with Crippen LogP contribution < -0.4 is 10.6 Å². The summed E-state index contributed by atoms with van der Waals surface area (Å²) in [5.41, 5.74) is 1.59. The molecule has 1 aromatic heterocycles.